The Hall–Kier alpha value is -2.28. The van der Waals surface area contributed by atoms with Crippen LogP contribution in [0.4, 0.5) is 26.3 Å². The average molecular weight is 616 g/mol. The van der Waals surface area contributed by atoms with E-state index >= 15 is 0 Å². The van der Waals surface area contributed by atoms with E-state index in [4.69, 9.17) is 23.2 Å². The fraction of sp³-hybridized carbons (Fsp3) is 0.273. The molecule has 1 amide bonds. The fourth-order valence-electron chi connectivity index (χ4n) is 3.76. The second-order valence-corrected chi connectivity index (χ2v) is 9.88. The van der Waals surface area contributed by atoms with Gasteiger partial charge in [0.15, 0.2) is 5.69 Å². The number of hydrogen-bond donors (Lipinski definition) is 1. The SMILES string of the molecule is Cc1c(C(=O)NN2CC(F)(F)C(F)(F)C(F)(F)C2)nn(-c2ccc(Cl)cc2Cl)c1-c1ccc(Br)cc1. The largest absolute Gasteiger partial charge is 0.374 e. The molecule has 4 rings (SSSR count). The van der Waals surface area contributed by atoms with Crippen LogP contribution in [-0.2, 0) is 0 Å². The van der Waals surface area contributed by atoms with E-state index in [-0.39, 0.29) is 21.3 Å². The van der Waals surface area contributed by atoms with Gasteiger partial charge in [-0.25, -0.2) is 9.69 Å². The highest BCUT2D eigenvalue weighted by atomic mass is 79.9. The minimum absolute atomic E-state index is 0.0623. The molecule has 1 aromatic heterocycles. The van der Waals surface area contributed by atoms with Gasteiger partial charge in [-0.05, 0) is 37.3 Å². The predicted octanol–water partition coefficient (Wildman–Crippen LogP) is 6.78. The van der Waals surface area contributed by atoms with Crippen molar-refractivity contribution in [3.63, 3.8) is 0 Å². The van der Waals surface area contributed by atoms with Crippen LogP contribution in [0.1, 0.15) is 16.1 Å². The van der Waals surface area contributed by atoms with Crippen molar-refractivity contribution >= 4 is 45.0 Å². The van der Waals surface area contributed by atoms with E-state index in [1.165, 1.54) is 29.8 Å². The molecule has 0 aliphatic carbocycles. The third-order valence-corrected chi connectivity index (χ3v) is 6.62. The molecule has 3 aromatic rings. The lowest BCUT2D eigenvalue weighted by Gasteiger charge is -2.42. The lowest BCUT2D eigenvalue weighted by molar-refractivity contribution is -0.341. The van der Waals surface area contributed by atoms with Gasteiger partial charge in [-0.15, -0.1) is 0 Å². The molecule has 0 saturated carbocycles. The van der Waals surface area contributed by atoms with Gasteiger partial charge in [-0.1, -0.05) is 51.3 Å². The Labute approximate surface area is 219 Å². The Morgan fingerprint density at radius 2 is 1.58 bits per heavy atom. The highest BCUT2D eigenvalue weighted by Crippen LogP contribution is 2.49. The summed E-state index contributed by atoms with van der Waals surface area (Å²) in [5, 5.41) is 4.82. The molecule has 0 spiro atoms. The normalized spacial score (nSPS) is 18.7. The standard InChI is InChI=1S/C22H15BrCl2F6N4O/c1-11-17(19(36)33-34-9-20(26,27)22(30,31)21(28,29)10-34)32-35(16-7-6-14(24)8-15(16)25)18(11)12-2-4-13(23)5-3-12/h2-8H,9-10H2,1H3,(H,33,36). The van der Waals surface area contributed by atoms with Gasteiger partial charge in [0.2, 0.25) is 0 Å². The molecule has 0 unspecified atom stereocenters. The van der Waals surface area contributed by atoms with Crippen molar-refractivity contribution in [1.29, 1.82) is 0 Å². The van der Waals surface area contributed by atoms with E-state index in [2.05, 4.69) is 21.0 Å². The minimum atomic E-state index is -5.57. The van der Waals surface area contributed by atoms with Crippen LogP contribution >= 0.6 is 39.1 Å². The first kappa shape index (κ1) is 26.8. The van der Waals surface area contributed by atoms with Crippen molar-refractivity contribution in [1.82, 2.24) is 20.2 Å². The summed E-state index contributed by atoms with van der Waals surface area (Å²) in [5.74, 6) is -16.9. The van der Waals surface area contributed by atoms with Gasteiger partial charge in [-0.3, -0.25) is 10.2 Å². The number of nitrogens with one attached hydrogen (secondary N) is 1. The van der Waals surface area contributed by atoms with E-state index in [0.29, 0.717) is 22.0 Å². The zero-order valence-electron chi connectivity index (χ0n) is 18.1. The molecule has 0 bridgehead atoms. The number of alkyl halides is 6. The molecule has 1 N–H and O–H groups in total. The van der Waals surface area contributed by atoms with Gasteiger partial charge in [0.05, 0.1) is 29.5 Å². The van der Waals surface area contributed by atoms with Crippen molar-refractivity contribution < 1.29 is 31.1 Å². The zero-order valence-corrected chi connectivity index (χ0v) is 21.2. The number of rotatable bonds is 4. The van der Waals surface area contributed by atoms with Gasteiger partial charge >= 0.3 is 17.8 Å². The molecule has 1 aliphatic heterocycles. The van der Waals surface area contributed by atoms with Gasteiger partial charge < -0.3 is 0 Å². The van der Waals surface area contributed by atoms with Crippen molar-refractivity contribution in [3.05, 3.63) is 68.2 Å². The highest BCUT2D eigenvalue weighted by molar-refractivity contribution is 9.10. The Balaban J connectivity index is 1.76. The maximum absolute atomic E-state index is 13.8. The molecule has 0 radical (unpaired) electrons. The molecule has 1 aliphatic rings. The molecular formula is C22H15BrCl2F6N4O. The molecule has 14 heteroatoms. The first-order valence-corrected chi connectivity index (χ1v) is 11.7. The number of carbonyl (C=O) groups excluding carboxylic acids is 1. The van der Waals surface area contributed by atoms with Crippen LogP contribution < -0.4 is 5.43 Å². The molecule has 1 fully saturated rings. The fourth-order valence-corrected chi connectivity index (χ4v) is 4.52. The summed E-state index contributed by atoms with van der Waals surface area (Å²) < 4.78 is 84.3. The van der Waals surface area contributed by atoms with Crippen LogP contribution in [0.25, 0.3) is 16.9 Å². The summed E-state index contributed by atoms with van der Waals surface area (Å²) in [6.45, 7) is -2.12. The van der Waals surface area contributed by atoms with Gasteiger partial charge in [0.25, 0.3) is 5.91 Å². The predicted molar refractivity (Wildman–Crippen MR) is 125 cm³/mol. The summed E-state index contributed by atoms with van der Waals surface area (Å²) in [4.78, 5) is 13.0. The van der Waals surface area contributed by atoms with Crippen molar-refractivity contribution in [2.45, 2.75) is 24.7 Å². The molecule has 0 atom stereocenters. The number of halogens is 9. The van der Waals surface area contributed by atoms with Crippen LogP contribution in [0.15, 0.2) is 46.9 Å². The van der Waals surface area contributed by atoms with E-state index in [0.717, 1.165) is 4.47 Å². The Kier molecular flexibility index (Phi) is 6.87. The smallest absolute Gasteiger partial charge is 0.283 e. The van der Waals surface area contributed by atoms with E-state index in [9.17, 15) is 31.1 Å². The molecule has 1 saturated heterocycles. The Morgan fingerprint density at radius 1 is 1.00 bits per heavy atom. The molecular weight excluding hydrogens is 601 g/mol. The van der Waals surface area contributed by atoms with E-state index in [1.54, 1.807) is 24.3 Å². The van der Waals surface area contributed by atoms with Crippen LogP contribution in [0.3, 0.4) is 0 Å². The quantitative estimate of drug-likeness (QED) is 0.329. The van der Waals surface area contributed by atoms with Crippen LogP contribution in [0.2, 0.25) is 10.0 Å². The number of piperidine rings is 1. The molecule has 192 valence electrons. The molecule has 2 aromatic carbocycles. The molecule has 2 heterocycles. The number of hydrogen-bond acceptors (Lipinski definition) is 3. The number of amides is 1. The third kappa shape index (κ3) is 4.59. The monoisotopic (exact) mass is 614 g/mol. The van der Waals surface area contributed by atoms with Gasteiger partial charge in [-0.2, -0.15) is 31.4 Å². The van der Waals surface area contributed by atoms with Crippen molar-refractivity contribution in [3.8, 4) is 16.9 Å². The second-order valence-electron chi connectivity index (χ2n) is 8.12. The minimum Gasteiger partial charge on any atom is -0.283 e. The molecule has 36 heavy (non-hydrogen) atoms. The van der Waals surface area contributed by atoms with E-state index < -0.39 is 36.8 Å². The van der Waals surface area contributed by atoms with Crippen LogP contribution in [-0.4, -0.2) is 51.6 Å². The maximum Gasteiger partial charge on any atom is 0.374 e. The summed E-state index contributed by atoms with van der Waals surface area (Å²) in [7, 11) is 0. The van der Waals surface area contributed by atoms with Crippen LogP contribution in [0, 0.1) is 6.92 Å². The van der Waals surface area contributed by atoms with E-state index in [1.807, 2.05) is 5.43 Å². The number of hydrazine groups is 1. The number of nitrogens with zero attached hydrogens (tertiary/aromatic N) is 3. The first-order valence-electron chi connectivity index (χ1n) is 10.1. The Bertz CT molecular complexity index is 1310. The van der Waals surface area contributed by atoms with Gasteiger partial charge in [0.1, 0.15) is 0 Å². The highest BCUT2D eigenvalue weighted by Gasteiger charge is 2.75. The average Bonchev–Trinajstić information content (AvgIpc) is 3.09. The zero-order chi connectivity index (χ0) is 26.6. The summed E-state index contributed by atoms with van der Waals surface area (Å²) in [6.07, 6.45) is 0. The number of aromatic nitrogens is 2. The lowest BCUT2D eigenvalue weighted by Crippen LogP contribution is -2.69. The topological polar surface area (TPSA) is 50.2 Å². The van der Waals surface area contributed by atoms with Crippen molar-refractivity contribution in [2.24, 2.45) is 0 Å². The third-order valence-electron chi connectivity index (χ3n) is 5.55. The summed E-state index contributed by atoms with van der Waals surface area (Å²) in [6, 6.07) is 11.4. The second kappa shape index (κ2) is 9.23. The number of carbonyl (C=O) groups is 1. The first-order chi connectivity index (χ1) is 16.6. The van der Waals surface area contributed by atoms with Crippen LogP contribution in [0.5, 0.6) is 0 Å². The number of benzene rings is 2. The van der Waals surface area contributed by atoms with Crippen molar-refractivity contribution in [2.75, 3.05) is 13.1 Å². The summed E-state index contributed by atoms with van der Waals surface area (Å²) >= 11 is 15.6. The molecule has 5 nitrogen and oxygen atoms in total. The Morgan fingerprint density at radius 3 is 2.14 bits per heavy atom. The maximum atomic E-state index is 13.8. The lowest BCUT2D eigenvalue weighted by atomic mass is 10.00. The summed E-state index contributed by atoms with van der Waals surface area (Å²) in [5.41, 5.74) is 3.09. The van der Waals surface area contributed by atoms with Gasteiger partial charge in [0, 0.05) is 20.6 Å².